The van der Waals surface area contributed by atoms with Gasteiger partial charge in [0.05, 0.1) is 16.1 Å². The lowest BCUT2D eigenvalue weighted by atomic mass is 10.3. The molecule has 4 aromatic heterocycles. The van der Waals surface area contributed by atoms with Crippen LogP contribution in [-0.2, 0) is 12.7 Å². The smallest absolute Gasteiger partial charge is 0.367 e. The van der Waals surface area contributed by atoms with E-state index in [1.807, 2.05) is 0 Å². The van der Waals surface area contributed by atoms with Gasteiger partial charge in [-0.15, -0.1) is 10.2 Å². The zero-order valence-corrected chi connectivity index (χ0v) is 14.7. The van der Waals surface area contributed by atoms with Crippen molar-refractivity contribution in [3.05, 3.63) is 57.9 Å². The maximum Gasteiger partial charge on any atom is 0.417 e. The molecular formula is C16H11ClF3N7O. The molecule has 0 fully saturated rings. The molecule has 4 aromatic rings. The summed E-state index contributed by atoms with van der Waals surface area (Å²) in [6, 6.07) is 4.29. The molecule has 0 aliphatic rings. The van der Waals surface area contributed by atoms with Crippen molar-refractivity contribution < 1.29 is 13.2 Å². The average molecular weight is 410 g/mol. The van der Waals surface area contributed by atoms with E-state index < -0.39 is 17.3 Å². The number of alkyl halides is 3. The van der Waals surface area contributed by atoms with Crippen molar-refractivity contribution in [3.8, 4) is 0 Å². The van der Waals surface area contributed by atoms with Crippen LogP contribution in [0, 0.1) is 0 Å². The van der Waals surface area contributed by atoms with Crippen molar-refractivity contribution in [2.75, 3.05) is 11.9 Å². The van der Waals surface area contributed by atoms with Crippen LogP contribution in [-0.4, -0.2) is 35.7 Å². The SMILES string of the molecule is O=c1c2nncn2c2cccnc2n1CCNc1ncc(C(F)(F)F)cc1Cl. The van der Waals surface area contributed by atoms with E-state index in [1.54, 1.807) is 22.7 Å². The molecule has 0 atom stereocenters. The number of aromatic nitrogens is 6. The van der Waals surface area contributed by atoms with Crippen molar-refractivity contribution in [1.29, 1.82) is 0 Å². The van der Waals surface area contributed by atoms with Crippen LogP contribution in [0.3, 0.4) is 0 Å². The highest BCUT2D eigenvalue weighted by Crippen LogP contribution is 2.32. The number of nitrogens with one attached hydrogen (secondary N) is 1. The lowest BCUT2D eigenvalue weighted by Gasteiger charge is -2.13. The van der Waals surface area contributed by atoms with E-state index in [-0.39, 0.29) is 29.6 Å². The van der Waals surface area contributed by atoms with Gasteiger partial charge in [-0.3, -0.25) is 13.8 Å². The van der Waals surface area contributed by atoms with E-state index in [2.05, 4.69) is 25.5 Å². The predicted octanol–water partition coefficient (Wildman–Crippen LogP) is 2.62. The van der Waals surface area contributed by atoms with Crippen LogP contribution in [0.4, 0.5) is 19.0 Å². The summed E-state index contributed by atoms with van der Waals surface area (Å²) in [5, 5.41) is 10.3. The average Bonchev–Trinajstić information content (AvgIpc) is 3.15. The minimum atomic E-state index is -4.53. The van der Waals surface area contributed by atoms with Crippen LogP contribution < -0.4 is 10.9 Å². The summed E-state index contributed by atoms with van der Waals surface area (Å²) in [6.07, 6.45) is -0.855. The first-order chi connectivity index (χ1) is 13.4. The number of fused-ring (bicyclic) bond motifs is 3. The highest BCUT2D eigenvalue weighted by Gasteiger charge is 2.31. The van der Waals surface area contributed by atoms with Gasteiger partial charge in [0.25, 0.3) is 5.56 Å². The summed E-state index contributed by atoms with van der Waals surface area (Å²) in [6.45, 7) is 0.336. The summed E-state index contributed by atoms with van der Waals surface area (Å²) in [7, 11) is 0. The van der Waals surface area contributed by atoms with Gasteiger partial charge in [0.15, 0.2) is 5.65 Å². The molecule has 0 bridgehead atoms. The van der Waals surface area contributed by atoms with Crippen molar-refractivity contribution in [2.24, 2.45) is 0 Å². The van der Waals surface area contributed by atoms with Gasteiger partial charge in [-0.1, -0.05) is 11.6 Å². The van der Waals surface area contributed by atoms with E-state index in [4.69, 9.17) is 11.6 Å². The highest BCUT2D eigenvalue weighted by atomic mass is 35.5. The molecule has 0 unspecified atom stereocenters. The summed E-state index contributed by atoms with van der Waals surface area (Å²) < 4.78 is 41.0. The van der Waals surface area contributed by atoms with Gasteiger partial charge in [0.2, 0.25) is 5.65 Å². The second-order valence-electron chi connectivity index (χ2n) is 5.81. The van der Waals surface area contributed by atoms with Crippen LogP contribution in [0.5, 0.6) is 0 Å². The molecule has 0 amide bonds. The van der Waals surface area contributed by atoms with Gasteiger partial charge in [-0.2, -0.15) is 13.2 Å². The zero-order chi connectivity index (χ0) is 19.9. The van der Waals surface area contributed by atoms with Gasteiger partial charge in [-0.05, 0) is 18.2 Å². The first kappa shape index (κ1) is 18.2. The third kappa shape index (κ3) is 3.13. The Labute approximate surface area is 159 Å². The van der Waals surface area contributed by atoms with E-state index in [1.165, 1.54) is 10.9 Å². The summed E-state index contributed by atoms with van der Waals surface area (Å²) in [5.41, 5.74) is -0.115. The minimum Gasteiger partial charge on any atom is -0.367 e. The fourth-order valence-electron chi connectivity index (χ4n) is 2.78. The largest absolute Gasteiger partial charge is 0.417 e. The Morgan fingerprint density at radius 1 is 1.21 bits per heavy atom. The van der Waals surface area contributed by atoms with Crippen LogP contribution in [0.1, 0.15) is 5.56 Å². The molecule has 4 rings (SSSR count). The van der Waals surface area contributed by atoms with E-state index in [0.29, 0.717) is 17.4 Å². The van der Waals surface area contributed by atoms with Crippen molar-refractivity contribution in [1.82, 2.24) is 29.1 Å². The number of hydrogen-bond acceptors (Lipinski definition) is 6. The molecule has 0 aliphatic carbocycles. The van der Waals surface area contributed by atoms with E-state index in [0.717, 1.165) is 6.07 Å². The zero-order valence-electron chi connectivity index (χ0n) is 14.0. The number of rotatable bonds is 4. The Morgan fingerprint density at radius 3 is 2.79 bits per heavy atom. The van der Waals surface area contributed by atoms with Crippen molar-refractivity contribution in [3.63, 3.8) is 0 Å². The summed E-state index contributed by atoms with van der Waals surface area (Å²) in [5.74, 6) is 0.0866. The van der Waals surface area contributed by atoms with Crippen molar-refractivity contribution in [2.45, 2.75) is 12.7 Å². The number of halogens is 4. The molecule has 1 N–H and O–H groups in total. The number of anilines is 1. The van der Waals surface area contributed by atoms with E-state index in [9.17, 15) is 18.0 Å². The molecule has 0 saturated carbocycles. The third-order valence-corrected chi connectivity index (χ3v) is 4.35. The molecular weight excluding hydrogens is 399 g/mol. The first-order valence-corrected chi connectivity index (χ1v) is 8.38. The standard InChI is InChI=1S/C16H11ClF3N7O/c17-10-6-9(16(18,19)20)7-23-12(10)21-4-5-26-13-11(2-1-3-22-13)27-8-24-25-14(27)15(26)28/h1-3,6-8H,4-5H2,(H,21,23). The molecule has 4 heterocycles. The number of pyridine rings is 2. The van der Waals surface area contributed by atoms with Gasteiger partial charge >= 0.3 is 6.18 Å². The molecule has 0 saturated heterocycles. The molecule has 8 nitrogen and oxygen atoms in total. The maximum atomic E-state index is 12.7. The molecule has 144 valence electrons. The Morgan fingerprint density at radius 2 is 2.04 bits per heavy atom. The second kappa shape index (κ2) is 6.75. The van der Waals surface area contributed by atoms with Gasteiger partial charge in [-0.25, -0.2) is 9.97 Å². The molecule has 0 aliphatic heterocycles. The van der Waals surface area contributed by atoms with Crippen LogP contribution >= 0.6 is 11.6 Å². The summed E-state index contributed by atoms with van der Waals surface area (Å²) in [4.78, 5) is 20.6. The molecule has 28 heavy (non-hydrogen) atoms. The van der Waals surface area contributed by atoms with Crippen molar-refractivity contribution >= 4 is 34.2 Å². The van der Waals surface area contributed by atoms with E-state index >= 15 is 0 Å². The van der Waals surface area contributed by atoms with Crippen LogP contribution in [0.25, 0.3) is 16.8 Å². The minimum absolute atomic E-state index is 0.0866. The second-order valence-corrected chi connectivity index (χ2v) is 6.21. The topological polar surface area (TPSA) is 90.0 Å². The Kier molecular flexibility index (Phi) is 4.38. The molecule has 0 radical (unpaired) electrons. The Hall–Kier alpha value is -3.21. The van der Waals surface area contributed by atoms with Crippen LogP contribution in [0.2, 0.25) is 5.02 Å². The third-order valence-electron chi connectivity index (χ3n) is 4.06. The van der Waals surface area contributed by atoms with Gasteiger partial charge in [0, 0.05) is 25.5 Å². The lowest BCUT2D eigenvalue weighted by molar-refractivity contribution is -0.137. The number of nitrogens with zero attached hydrogens (tertiary/aromatic N) is 6. The lowest BCUT2D eigenvalue weighted by Crippen LogP contribution is -2.27. The molecule has 0 aromatic carbocycles. The fraction of sp³-hybridized carbons (Fsp3) is 0.188. The normalized spacial score (nSPS) is 12.0. The van der Waals surface area contributed by atoms with Gasteiger partial charge in [0.1, 0.15) is 12.1 Å². The summed E-state index contributed by atoms with van der Waals surface area (Å²) >= 11 is 5.88. The molecule has 0 spiro atoms. The highest BCUT2D eigenvalue weighted by molar-refractivity contribution is 6.32. The fourth-order valence-corrected chi connectivity index (χ4v) is 3.01. The molecule has 12 heteroatoms. The monoisotopic (exact) mass is 409 g/mol. The van der Waals surface area contributed by atoms with Crippen LogP contribution in [0.15, 0.2) is 41.7 Å². The van der Waals surface area contributed by atoms with Gasteiger partial charge < -0.3 is 5.32 Å². The number of hydrogen-bond donors (Lipinski definition) is 1. The first-order valence-electron chi connectivity index (χ1n) is 8.00. The maximum absolute atomic E-state index is 12.7. The Bertz CT molecular complexity index is 1230. The predicted molar refractivity (Wildman–Crippen MR) is 95.3 cm³/mol. The quantitative estimate of drug-likeness (QED) is 0.557. The Balaban J connectivity index is 1.61.